The van der Waals surface area contributed by atoms with Crippen molar-refractivity contribution in [1.82, 2.24) is 20.6 Å². The number of H-pyrrole nitrogens is 1. The molecule has 134 valence electrons. The Morgan fingerprint density at radius 2 is 1.96 bits per heavy atom. The monoisotopic (exact) mass is 339 g/mol. The van der Waals surface area contributed by atoms with Crippen LogP contribution in [0.25, 0.3) is 0 Å². The van der Waals surface area contributed by atoms with Crippen LogP contribution in [0, 0.1) is 5.92 Å². The Balaban J connectivity index is 2.55. The van der Waals surface area contributed by atoms with Crippen LogP contribution in [-0.4, -0.2) is 51.0 Å². The summed E-state index contributed by atoms with van der Waals surface area (Å²) in [5.74, 6) is -2.39. The topological polar surface area (TPSA) is 150 Å². The number of aromatic amines is 1. The number of nitrogens with two attached hydrogens (primary N) is 1. The summed E-state index contributed by atoms with van der Waals surface area (Å²) in [7, 11) is 0. The molecule has 4 unspecified atom stereocenters. The first kappa shape index (κ1) is 19.6. The number of nitrogens with zero attached hydrogens (tertiary/aromatic N) is 1. The fourth-order valence-electron chi connectivity index (χ4n) is 2.07. The molecule has 1 aromatic heterocycles. The number of aromatic nitrogens is 2. The Labute approximate surface area is 140 Å². The lowest BCUT2D eigenvalue weighted by Gasteiger charge is -2.23. The number of rotatable bonds is 9. The molecule has 0 saturated carbocycles. The zero-order chi connectivity index (χ0) is 18.3. The van der Waals surface area contributed by atoms with Gasteiger partial charge in [-0.2, -0.15) is 0 Å². The standard InChI is InChI=1S/C15H25N5O4/c1-4-8(2)12(15(23)24)20-13(21)9(3)19-14(22)11(16)5-10-6-17-7-18-10/h6-9,11-12H,4-5,16H2,1-3H3,(H,17,18)(H,19,22)(H,20,21)(H,23,24). The predicted molar refractivity (Wildman–Crippen MR) is 86.9 cm³/mol. The summed E-state index contributed by atoms with van der Waals surface area (Å²) in [5, 5.41) is 14.1. The molecule has 1 aromatic rings. The SMILES string of the molecule is CCC(C)C(NC(=O)C(C)NC(=O)C(N)Cc1cnc[nH]1)C(=O)O. The zero-order valence-electron chi connectivity index (χ0n) is 14.1. The van der Waals surface area contributed by atoms with Crippen LogP contribution in [0.4, 0.5) is 0 Å². The van der Waals surface area contributed by atoms with Gasteiger partial charge in [0.1, 0.15) is 12.1 Å². The van der Waals surface area contributed by atoms with Crippen LogP contribution in [-0.2, 0) is 20.8 Å². The van der Waals surface area contributed by atoms with Gasteiger partial charge >= 0.3 is 5.97 Å². The van der Waals surface area contributed by atoms with Crippen LogP contribution < -0.4 is 16.4 Å². The van der Waals surface area contributed by atoms with E-state index in [9.17, 15) is 19.5 Å². The maximum atomic E-state index is 12.1. The summed E-state index contributed by atoms with van der Waals surface area (Å²) >= 11 is 0. The van der Waals surface area contributed by atoms with Crippen LogP contribution >= 0.6 is 0 Å². The van der Waals surface area contributed by atoms with Crippen molar-refractivity contribution >= 4 is 17.8 Å². The molecule has 0 aliphatic heterocycles. The van der Waals surface area contributed by atoms with E-state index in [0.29, 0.717) is 12.1 Å². The predicted octanol–water partition coefficient (Wildman–Crippen LogP) is -0.600. The Kier molecular flexibility index (Phi) is 7.37. The van der Waals surface area contributed by atoms with Crippen molar-refractivity contribution in [1.29, 1.82) is 0 Å². The number of carbonyl (C=O) groups is 3. The van der Waals surface area contributed by atoms with Crippen LogP contribution in [0.15, 0.2) is 12.5 Å². The van der Waals surface area contributed by atoms with Gasteiger partial charge in [-0.3, -0.25) is 9.59 Å². The Morgan fingerprint density at radius 3 is 2.46 bits per heavy atom. The van der Waals surface area contributed by atoms with Crippen molar-refractivity contribution in [2.24, 2.45) is 11.7 Å². The molecule has 0 radical (unpaired) electrons. The average Bonchev–Trinajstić information content (AvgIpc) is 3.03. The highest BCUT2D eigenvalue weighted by Crippen LogP contribution is 2.08. The molecule has 0 saturated heterocycles. The van der Waals surface area contributed by atoms with Gasteiger partial charge in [-0.05, 0) is 12.8 Å². The molecule has 2 amide bonds. The number of imidazole rings is 1. The van der Waals surface area contributed by atoms with E-state index in [-0.39, 0.29) is 12.3 Å². The summed E-state index contributed by atoms with van der Waals surface area (Å²) in [5.41, 5.74) is 6.50. The smallest absolute Gasteiger partial charge is 0.326 e. The number of hydrogen-bond donors (Lipinski definition) is 5. The summed E-state index contributed by atoms with van der Waals surface area (Å²) in [6.45, 7) is 5.06. The second-order valence-electron chi connectivity index (χ2n) is 5.83. The number of carbonyl (C=O) groups excluding carboxylic acids is 2. The van der Waals surface area contributed by atoms with Crippen LogP contribution in [0.5, 0.6) is 0 Å². The molecule has 0 aromatic carbocycles. The van der Waals surface area contributed by atoms with Crippen molar-refractivity contribution in [3.8, 4) is 0 Å². The molecule has 1 heterocycles. The van der Waals surface area contributed by atoms with Crippen molar-refractivity contribution in [3.05, 3.63) is 18.2 Å². The van der Waals surface area contributed by atoms with Gasteiger partial charge in [0.05, 0.1) is 12.4 Å². The molecule has 1 rings (SSSR count). The molecule has 0 fully saturated rings. The van der Waals surface area contributed by atoms with E-state index in [2.05, 4.69) is 20.6 Å². The molecule has 4 atom stereocenters. The third kappa shape index (κ3) is 5.65. The molecule has 24 heavy (non-hydrogen) atoms. The third-order valence-corrected chi connectivity index (χ3v) is 3.86. The second kappa shape index (κ2) is 9.02. The Morgan fingerprint density at radius 1 is 1.29 bits per heavy atom. The fourth-order valence-corrected chi connectivity index (χ4v) is 2.07. The molecule has 0 aliphatic rings. The van der Waals surface area contributed by atoms with E-state index in [1.165, 1.54) is 13.3 Å². The van der Waals surface area contributed by atoms with Gasteiger partial charge in [0.25, 0.3) is 0 Å². The number of aliphatic carboxylic acids is 1. The first-order chi connectivity index (χ1) is 11.3. The first-order valence-corrected chi connectivity index (χ1v) is 7.82. The van der Waals surface area contributed by atoms with Crippen molar-refractivity contribution < 1.29 is 19.5 Å². The van der Waals surface area contributed by atoms with Gasteiger partial charge in [0.2, 0.25) is 11.8 Å². The van der Waals surface area contributed by atoms with Gasteiger partial charge in [-0.1, -0.05) is 20.3 Å². The summed E-state index contributed by atoms with van der Waals surface area (Å²) in [4.78, 5) is 42.0. The highest BCUT2D eigenvalue weighted by molar-refractivity contribution is 5.91. The number of amides is 2. The molecule has 9 nitrogen and oxygen atoms in total. The van der Waals surface area contributed by atoms with Gasteiger partial charge < -0.3 is 26.5 Å². The van der Waals surface area contributed by atoms with Crippen molar-refractivity contribution in [3.63, 3.8) is 0 Å². The molecular weight excluding hydrogens is 314 g/mol. The summed E-state index contributed by atoms with van der Waals surface area (Å²) < 4.78 is 0. The minimum atomic E-state index is -1.10. The lowest BCUT2D eigenvalue weighted by atomic mass is 9.99. The summed E-state index contributed by atoms with van der Waals surface area (Å²) in [6.07, 6.45) is 3.90. The van der Waals surface area contributed by atoms with Crippen molar-refractivity contribution in [2.75, 3.05) is 0 Å². The highest BCUT2D eigenvalue weighted by Gasteiger charge is 2.28. The van der Waals surface area contributed by atoms with Crippen LogP contribution in [0.1, 0.15) is 32.9 Å². The summed E-state index contributed by atoms with van der Waals surface area (Å²) in [6, 6.07) is -2.73. The average molecular weight is 339 g/mol. The van der Waals surface area contributed by atoms with E-state index in [1.54, 1.807) is 13.1 Å². The molecule has 0 bridgehead atoms. The fraction of sp³-hybridized carbons (Fsp3) is 0.600. The van der Waals surface area contributed by atoms with E-state index >= 15 is 0 Å². The van der Waals surface area contributed by atoms with Gasteiger partial charge in [0.15, 0.2) is 0 Å². The maximum Gasteiger partial charge on any atom is 0.326 e. The number of carboxylic acids is 1. The molecular formula is C15H25N5O4. The first-order valence-electron chi connectivity index (χ1n) is 7.82. The van der Waals surface area contributed by atoms with E-state index in [4.69, 9.17) is 5.73 Å². The van der Waals surface area contributed by atoms with Gasteiger partial charge in [0, 0.05) is 18.3 Å². The zero-order valence-corrected chi connectivity index (χ0v) is 14.1. The third-order valence-electron chi connectivity index (χ3n) is 3.86. The van der Waals surface area contributed by atoms with E-state index < -0.39 is 35.9 Å². The minimum absolute atomic E-state index is 0.225. The van der Waals surface area contributed by atoms with Gasteiger partial charge in [-0.25, -0.2) is 9.78 Å². The maximum absolute atomic E-state index is 12.1. The number of nitrogens with one attached hydrogen (secondary N) is 3. The quantitative estimate of drug-likeness (QED) is 0.405. The normalized spacial score (nSPS) is 15.8. The molecule has 9 heteroatoms. The lowest BCUT2D eigenvalue weighted by molar-refractivity contribution is -0.143. The van der Waals surface area contributed by atoms with E-state index in [0.717, 1.165) is 0 Å². The number of carboxylic acid groups (broad SMARTS) is 1. The number of hydrogen-bond acceptors (Lipinski definition) is 5. The van der Waals surface area contributed by atoms with Crippen molar-refractivity contribution in [2.45, 2.75) is 51.7 Å². The molecule has 6 N–H and O–H groups in total. The van der Waals surface area contributed by atoms with Gasteiger partial charge in [-0.15, -0.1) is 0 Å². The Hall–Kier alpha value is -2.42. The second-order valence-corrected chi connectivity index (χ2v) is 5.83. The Bertz CT molecular complexity index is 560. The van der Waals surface area contributed by atoms with E-state index in [1.807, 2.05) is 6.92 Å². The largest absolute Gasteiger partial charge is 0.480 e. The molecule has 0 aliphatic carbocycles. The minimum Gasteiger partial charge on any atom is -0.480 e. The highest BCUT2D eigenvalue weighted by atomic mass is 16.4. The molecule has 0 spiro atoms. The van der Waals surface area contributed by atoms with Crippen LogP contribution in [0.2, 0.25) is 0 Å². The lowest BCUT2D eigenvalue weighted by Crippen LogP contribution is -2.54. The van der Waals surface area contributed by atoms with Crippen LogP contribution in [0.3, 0.4) is 0 Å².